The topological polar surface area (TPSA) is 53.1 Å². The number of aromatic nitrogens is 2. The minimum atomic E-state index is 0.482. The molecular weight excluding hydrogens is 274 g/mol. The average Bonchev–Trinajstić information content (AvgIpc) is 3.00. The van der Waals surface area contributed by atoms with E-state index in [0.717, 1.165) is 28.0 Å². The molecule has 0 atom stereocenters. The van der Waals surface area contributed by atoms with Gasteiger partial charge in [0.05, 0.1) is 6.20 Å². The molecule has 112 valence electrons. The van der Waals surface area contributed by atoms with Crippen LogP contribution >= 0.6 is 0 Å². The number of hydrogen-bond donors (Lipinski definition) is 1. The molecule has 4 heteroatoms. The van der Waals surface area contributed by atoms with Gasteiger partial charge in [-0.3, -0.25) is 4.68 Å². The van der Waals surface area contributed by atoms with Crippen molar-refractivity contribution in [1.82, 2.24) is 9.78 Å². The Bertz CT molecular complexity index is 750. The maximum Gasteiger partial charge on any atom is 0.120 e. The van der Waals surface area contributed by atoms with E-state index in [2.05, 4.69) is 23.3 Å². The second-order valence-corrected chi connectivity index (χ2v) is 5.25. The zero-order valence-corrected chi connectivity index (χ0v) is 12.6. The number of nitrogens with two attached hydrogens (primary N) is 1. The van der Waals surface area contributed by atoms with Crippen LogP contribution in [0.3, 0.4) is 0 Å². The van der Waals surface area contributed by atoms with Crippen LogP contribution in [0.15, 0.2) is 60.9 Å². The zero-order valence-electron chi connectivity index (χ0n) is 12.6. The van der Waals surface area contributed by atoms with Crippen LogP contribution in [0.2, 0.25) is 0 Å². The fraction of sp³-hybridized carbons (Fsp3) is 0.167. The minimum Gasteiger partial charge on any atom is -0.489 e. The Hall–Kier alpha value is -2.59. The van der Waals surface area contributed by atoms with E-state index in [0.29, 0.717) is 13.2 Å². The van der Waals surface area contributed by atoms with Crippen LogP contribution < -0.4 is 10.5 Å². The Kier molecular flexibility index (Phi) is 4.21. The molecular formula is C18H19N3O. The Morgan fingerprint density at radius 3 is 2.55 bits per heavy atom. The molecule has 0 amide bonds. The van der Waals surface area contributed by atoms with E-state index in [1.165, 1.54) is 0 Å². The first-order chi connectivity index (χ1) is 10.7. The number of nitrogens with zero attached hydrogens (tertiary/aromatic N) is 2. The summed E-state index contributed by atoms with van der Waals surface area (Å²) in [5.74, 6) is 0.825. The van der Waals surface area contributed by atoms with Gasteiger partial charge in [-0.1, -0.05) is 30.3 Å². The lowest BCUT2D eigenvalue weighted by Crippen LogP contribution is -2.00. The molecule has 0 unspecified atom stereocenters. The molecule has 2 aromatic carbocycles. The molecule has 0 radical (unpaired) electrons. The first-order valence-corrected chi connectivity index (χ1v) is 7.24. The Morgan fingerprint density at radius 2 is 1.86 bits per heavy atom. The summed E-state index contributed by atoms with van der Waals surface area (Å²) in [5.41, 5.74) is 10.1. The molecule has 3 aromatic rings. The van der Waals surface area contributed by atoms with Crippen molar-refractivity contribution in [3.8, 4) is 16.9 Å². The van der Waals surface area contributed by atoms with Gasteiger partial charge in [-0.25, -0.2) is 0 Å². The van der Waals surface area contributed by atoms with E-state index in [1.807, 2.05) is 49.8 Å². The Labute approximate surface area is 130 Å². The minimum absolute atomic E-state index is 0.482. The van der Waals surface area contributed by atoms with Crippen LogP contribution in [-0.4, -0.2) is 9.78 Å². The molecule has 0 aliphatic rings. The summed E-state index contributed by atoms with van der Waals surface area (Å²) in [7, 11) is 1.91. The van der Waals surface area contributed by atoms with Crippen LogP contribution in [0.5, 0.6) is 5.75 Å². The van der Waals surface area contributed by atoms with Gasteiger partial charge in [0, 0.05) is 25.4 Å². The summed E-state index contributed by atoms with van der Waals surface area (Å²) in [5, 5.41) is 4.22. The van der Waals surface area contributed by atoms with Crippen molar-refractivity contribution in [3.05, 3.63) is 72.1 Å². The molecule has 22 heavy (non-hydrogen) atoms. The van der Waals surface area contributed by atoms with Crippen molar-refractivity contribution >= 4 is 0 Å². The number of ether oxygens (including phenoxy) is 1. The van der Waals surface area contributed by atoms with Crippen molar-refractivity contribution in [2.45, 2.75) is 13.2 Å². The van der Waals surface area contributed by atoms with Gasteiger partial charge in [0.1, 0.15) is 12.4 Å². The van der Waals surface area contributed by atoms with Gasteiger partial charge < -0.3 is 10.5 Å². The van der Waals surface area contributed by atoms with Crippen LogP contribution in [0.4, 0.5) is 0 Å². The largest absolute Gasteiger partial charge is 0.489 e. The molecule has 0 aliphatic carbocycles. The highest BCUT2D eigenvalue weighted by Crippen LogP contribution is 2.26. The maximum absolute atomic E-state index is 5.92. The summed E-state index contributed by atoms with van der Waals surface area (Å²) in [6, 6.07) is 16.2. The highest BCUT2D eigenvalue weighted by Gasteiger charge is 2.06. The van der Waals surface area contributed by atoms with Gasteiger partial charge in [-0.15, -0.1) is 0 Å². The summed E-state index contributed by atoms with van der Waals surface area (Å²) in [6.45, 7) is 1.02. The SMILES string of the molecule is Cn1cc(-c2cc(CN)cc(OCc3ccccc3)c2)cn1. The first kappa shape index (κ1) is 14.4. The summed E-state index contributed by atoms with van der Waals surface area (Å²) >= 11 is 0. The van der Waals surface area contributed by atoms with E-state index < -0.39 is 0 Å². The van der Waals surface area contributed by atoms with E-state index in [4.69, 9.17) is 10.5 Å². The third kappa shape index (κ3) is 3.35. The van der Waals surface area contributed by atoms with E-state index in [-0.39, 0.29) is 0 Å². The Balaban J connectivity index is 1.84. The standard InChI is InChI=1S/C18H19N3O/c1-21-12-17(11-20-21)16-7-15(10-19)8-18(9-16)22-13-14-5-3-2-4-6-14/h2-9,11-12H,10,13,19H2,1H3. The van der Waals surface area contributed by atoms with Crippen molar-refractivity contribution < 1.29 is 4.74 Å². The monoisotopic (exact) mass is 293 g/mol. The van der Waals surface area contributed by atoms with Crippen molar-refractivity contribution in [2.75, 3.05) is 0 Å². The number of hydrogen-bond acceptors (Lipinski definition) is 3. The highest BCUT2D eigenvalue weighted by atomic mass is 16.5. The van der Waals surface area contributed by atoms with Gasteiger partial charge in [-0.05, 0) is 34.9 Å². The third-order valence-electron chi connectivity index (χ3n) is 3.49. The molecule has 2 N–H and O–H groups in total. The predicted octanol–water partition coefficient (Wildman–Crippen LogP) is 3.12. The van der Waals surface area contributed by atoms with Gasteiger partial charge in [0.2, 0.25) is 0 Å². The van der Waals surface area contributed by atoms with Gasteiger partial charge >= 0.3 is 0 Å². The lowest BCUT2D eigenvalue weighted by Gasteiger charge is -2.10. The third-order valence-corrected chi connectivity index (χ3v) is 3.49. The maximum atomic E-state index is 5.92. The van der Waals surface area contributed by atoms with E-state index in [9.17, 15) is 0 Å². The number of aryl methyl sites for hydroxylation is 1. The molecule has 4 nitrogen and oxygen atoms in total. The zero-order chi connectivity index (χ0) is 15.4. The molecule has 0 saturated heterocycles. The van der Waals surface area contributed by atoms with Crippen molar-refractivity contribution in [1.29, 1.82) is 0 Å². The molecule has 1 heterocycles. The molecule has 0 saturated carbocycles. The van der Waals surface area contributed by atoms with Gasteiger partial charge in [0.25, 0.3) is 0 Å². The quantitative estimate of drug-likeness (QED) is 0.786. The summed E-state index contributed by atoms with van der Waals surface area (Å²) in [4.78, 5) is 0. The first-order valence-electron chi connectivity index (χ1n) is 7.24. The van der Waals surface area contributed by atoms with Gasteiger partial charge in [-0.2, -0.15) is 5.10 Å². The summed E-state index contributed by atoms with van der Waals surface area (Å²) < 4.78 is 7.71. The second-order valence-electron chi connectivity index (χ2n) is 5.25. The van der Waals surface area contributed by atoms with Crippen LogP contribution in [0.25, 0.3) is 11.1 Å². The molecule has 0 aliphatic heterocycles. The second kappa shape index (κ2) is 6.45. The lowest BCUT2D eigenvalue weighted by molar-refractivity contribution is 0.306. The van der Waals surface area contributed by atoms with Gasteiger partial charge in [0.15, 0.2) is 0 Å². The fourth-order valence-corrected chi connectivity index (χ4v) is 2.34. The lowest BCUT2D eigenvalue weighted by atomic mass is 10.1. The highest BCUT2D eigenvalue weighted by molar-refractivity contribution is 5.64. The average molecular weight is 293 g/mol. The fourth-order valence-electron chi connectivity index (χ4n) is 2.34. The van der Waals surface area contributed by atoms with Crippen molar-refractivity contribution in [2.24, 2.45) is 12.8 Å². The number of benzene rings is 2. The van der Waals surface area contributed by atoms with Crippen LogP contribution in [-0.2, 0) is 20.2 Å². The van der Waals surface area contributed by atoms with Crippen molar-refractivity contribution in [3.63, 3.8) is 0 Å². The predicted molar refractivity (Wildman–Crippen MR) is 87.3 cm³/mol. The summed E-state index contributed by atoms with van der Waals surface area (Å²) in [6.07, 6.45) is 3.83. The van der Waals surface area contributed by atoms with Crippen LogP contribution in [0.1, 0.15) is 11.1 Å². The molecule has 1 aromatic heterocycles. The Morgan fingerprint density at radius 1 is 1.05 bits per heavy atom. The van der Waals surface area contributed by atoms with E-state index in [1.54, 1.807) is 4.68 Å². The van der Waals surface area contributed by atoms with E-state index >= 15 is 0 Å². The normalized spacial score (nSPS) is 10.6. The number of rotatable bonds is 5. The molecule has 0 bridgehead atoms. The smallest absolute Gasteiger partial charge is 0.120 e. The molecule has 0 fully saturated rings. The van der Waals surface area contributed by atoms with Crippen LogP contribution in [0, 0.1) is 0 Å². The molecule has 0 spiro atoms. The molecule has 3 rings (SSSR count).